The summed E-state index contributed by atoms with van der Waals surface area (Å²) in [5, 5.41) is 11.4. The van der Waals surface area contributed by atoms with Gasteiger partial charge in [-0.2, -0.15) is 8.78 Å². The maximum atomic E-state index is 12.5. The zero-order valence-corrected chi connectivity index (χ0v) is 17.0. The highest BCUT2D eigenvalue weighted by Gasteiger charge is 2.19. The van der Waals surface area contributed by atoms with E-state index in [1.165, 1.54) is 36.0 Å². The molecule has 0 fully saturated rings. The molecular formula is C19H17ClF2N4O2S. The van der Waals surface area contributed by atoms with Crippen molar-refractivity contribution in [1.29, 1.82) is 0 Å². The van der Waals surface area contributed by atoms with Gasteiger partial charge in [-0.3, -0.25) is 9.36 Å². The number of rotatable bonds is 7. The van der Waals surface area contributed by atoms with E-state index in [1.807, 2.05) is 19.1 Å². The Morgan fingerprint density at radius 2 is 1.97 bits per heavy atom. The quantitative estimate of drug-likeness (QED) is 0.528. The second kappa shape index (κ2) is 9.23. The van der Waals surface area contributed by atoms with Crippen LogP contribution in [0.5, 0.6) is 5.75 Å². The molecule has 2 aromatic carbocycles. The van der Waals surface area contributed by atoms with Crippen molar-refractivity contribution in [2.75, 3.05) is 5.32 Å². The highest BCUT2D eigenvalue weighted by atomic mass is 35.5. The summed E-state index contributed by atoms with van der Waals surface area (Å²) in [6.07, 6.45) is 1.55. The van der Waals surface area contributed by atoms with Crippen molar-refractivity contribution < 1.29 is 18.3 Å². The standard InChI is InChI=1S/C19H17ClF2N4O2S/c1-11-3-6-14(9-16(11)20)26-10-23-25-19(26)29-12(2)17(27)24-13-4-7-15(8-5-13)28-18(21)22/h3-10,12,18H,1-2H3,(H,24,27). The lowest BCUT2D eigenvalue weighted by Gasteiger charge is -2.13. The molecule has 1 heterocycles. The summed E-state index contributed by atoms with van der Waals surface area (Å²) in [5.41, 5.74) is 2.21. The van der Waals surface area contributed by atoms with Crippen LogP contribution in [-0.2, 0) is 4.79 Å². The van der Waals surface area contributed by atoms with Crippen LogP contribution in [0.15, 0.2) is 53.9 Å². The lowest BCUT2D eigenvalue weighted by molar-refractivity contribution is -0.115. The molecule has 1 aromatic heterocycles. The molecule has 0 saturated carbocycles. The molecule has 1 atom stereocenters. The molecule has 10 heteroatoms. The van der Waals surface area contributed by atoms with Crippen molar-refractivity contribution in [1.82, 2.24) is 14.8 Å². The number of benzene rings is 2. The third-order valence-electron chi connectivity index (χ3n) is 3.95. The number of hydrogen-bond donors (Lipinski definition) is 1. The van der Waals surface area contributed by atoms with Gasteiger partial charge in [-0.25, -0.2) is 0 Å². The van der Waals surface area contributed by atoms with Crippen LogP contribution in [0.3, 0.4) is 0 Å². The Labute approximate surface area is 175 Å². The van der Waals surface area contributed by atoms with Gasteiger partial charge in [-0.05, 0) is 55.8 Å². The van der Waals surface area contributed by atoms with Gasteiger partial charge in [0, 0.05) is 10.7 Å². The number of alkyl halides is 2. The van der Waals surface area contributed by atoms with E-state index in [0.29, 0.717) is 15.9 Å². The number of nitrogens with one attached hydrogen (secondary N) is 1. The molecule has 152 valence electrons. The van der Waals surface area contributed by atoms with E-state index in [-0.39, 0.29) is 11.7 Å². The van der Waals surface area contributed by atoms with Gasteiger partial charge < -0.3 is 10.1 Å². The minimum absolute atomic E-state index is 0.0188. The number of carbonyl (C=O) groups excluding carboxylic acids is 1. The summed E-state index contributed by atoms with van der Waals surface area (Å²) in [7, 11) is 0. The van der Waals surface area contributed by atoms with E-state index >= 15 is 0 Å². The molecule has 3 rings (SSSR count). The predicted molar refractivity (Wildman–Crippen MR) is 108 cm³/mol. The Bertz CT molecular complexity index is 998. The van der Waals surface area contributed by atoms with Gasteiger partial charge in [0.05, 0.1) is 10.9 Å². The van der Waals surface area contributed by atoms with Crippen LogP contribution in [0.2, 0.25) is 5.02 Å². The number of carbonyl (C=O) groups is 1. The number of thioether (sulfide) groups is 1. The normalized spacial score (nSPS) is 12.1. The lowest BCUT2D eigenvalue weighted by atomic mass is 10.2. The molecule has 0 saturated heterocycles. The van der Waals surface area contributed by atoms with E-state index < -0.39 is 11.9 Å². The zero-order valence-electron chi connectivity index (χ0n) is 15.5. The molecule has 0 radical (unpaired) electrons. The Hall–Kier alpha value is -2.65. The lowest BCUT2D eigenvalue weighted by Crippen LogP contribution is -2.22. The molecule has 1 unspecified atom stereocenters. The molecule has 6 nitrogen and oxygen atoms in total. The summed E-state index contributed by atoms with van der Waals surface area (Å²) in [6, 6.07) is 11.3. The van der Waals surface area contributed by atoms with Crippen molar-refractivity contribution in [2.45, 2.75) is 30.9 Å². The number of hydrogen-bond acceptors (Lipinski definition) is 5. The first kappa shape index (κ1) is 21.1. The second-order valence-electron chi connectivity index (χ2n) is 6.07. The van der Waals surface area contributed by atoms with E-state index in [4.69, 9.17) is 11.6 Å². The van der Waals surface area contributed by atoms with Crippen LogP contribution in [-0.4, -0.2) is 32.5 Å². The average molecular weight is 439 g/mol. The van der Waals surface area contributed by atoms with Crippen LogP contribution in [0, 0.1) is 6.92 Å². The molecule has 0 aliphatic rings. The fourth-order valence-electron chi connectivity index (χ4n) is 2.39. The largest absolute Gasteiger partial charge is 0.435 e. The number of nitrogens with zero attached hydrogens (tertiary/aromatic N) is 3. The van der Waals surface area contributed by atoms with Gasteiger partial charge in [0.1, 0.15) is 12.1 Å². The van der Waals surface area contributed by atoms with E-state index in [1.54, 1.807) is 23.9 Å². The Balaban J connectivity index is 1.66. The molecule has 0 spiro atoms. The SMILES string of the molecule is Cc1ccc(-n2cnnc2SC(C)C(=O)Nc2ccc(OC(F)F)cc2)cc1Cl. The van der Waals surface area contributed by atoms with Gasteiger partial charge in [-0.1, -0.05) is 29.4 Å². The zero-order chi connectivity index (χ0) is 21.0. The van der Waals surface area contributed by atoms with Crippen molar-refractivity contribution in [3.63, 3.8) is 0 Å². The molecule has 1 N–H and O–H groups in total. The fraction of sp³-hybridized carbons (Fsp3) is 0.211. The third-order valence-corrected chi connectivity index (χ3v) is 5.41. The average Bonchev–Trinajstić information content (AvgIpc) is 3.13. The number of halogens is 3. The van der Waals surface area contributed by atoms with E-state index in [0.717, 1.165) is 11.3 Å². The van der Waals surface area contributed by atoms with E-state index in [9.17, 15) is 13.6 Å². The fourth-order valence-corrected chi connectivity index (χ4v) is 3.41. The highest BCUT2D eigenvalue weighted by molar-refractivity contribution is 8.00. The van der Waals surface area contributed by atoms with Crippen molar-refractivity contribution in [3.8, 4) is 11.4 Å². The van der Waals surface area contributed by atoms with Gasteiger partial charge in [0.25, 0.3) is 0 Å². The monoisotopic (exact) mass is 438 g/mol. The van der Waals surface area contributed by atoms with Crippen LogP contribution >= 0.6 is 23.4 Å². The molecule has 0 aliphatic heterocycles. The summed E-state index contributed by atoms with van der Waals surface area (Å²) in [5.74, 6) is -0.251. The van der Waals surface area contributed by atoms with Crippen molar-refractivity contribution in [2.24, 2.45) is 0 Å². The molecule has 0 bridgehead atoms. The maximum Gasteiger partial charge on any atom is 0.387 e. The Kier molecular flexibility index (Phi) is 6.71. The number of amides is 1. The van der Waals surface area contributed by atoms with Gasteiger partial charge in [0.15, 0.2) is 5.16 Å². The molecule has 3 aromatic rings. The van der Waals surface area contributed by atoms with Crippen LogP contribution in [0.25, 0.3) is 5.69 Å². The topological polar surface area (TPSA) is 69.0 Å². The maximum absolute atomic E-state index is 12.5. The Morgan fingerprint density at radius 1 is 1.24 bits per heavy atom. The van der Waals surface area contributed by atoms with Gasteiger partial charge in [-0.15, -0.1) is 10.2 Å². The minimum Gasteiger partial charge on any atom is -0.435 e. The van der Waals surface area contributed by atoms with Crippen LogP contribution < -0.4 is 10.1 Å². The van der Waals surface area contributed by atoms with Gasteiger partial charge in [0.2, 0.25) is 5.91 Å². The van der Waals surface area contributed by atoms with Crippen molar-refractivity contribution >= 4 is 35.0 Å². The highest BCUT2D eigenvalue weighted by Crippen LogP contribution is 2.27. The predicted octanol–water partition coefficient (Wildman–Crippen LogP) is 4.95. The summed E-state index contributed by atoms with van der Waals surface area (Å²) in [6.45, 7) is 0.745. The second-order valence-corrected chi connectivity index (χ2v) is 7.78. The number of anilines is 1. The first-order valence-corrected chi connectivity index (χ1v) is 9.78. The first-order valence-electron chi connectivity index (χ1n) is 8.52. The number of aromatic nitrogens is 3. The summed E-state index contributed by atoms with van der Waals surface area (Å²) < 4.78 is 30.4. The molecule has 29 heavy (non-hydrogen) atoms. The van der Waals surface area contributed by atoms with Gasteiger partial charge >= 0.3 is 6.61 Å². The van der Waals surface area contributed by atoms with Crippen molar-refractivity contribution in [3.05, 3.63) is 59.4 Å². The molecule has 0 aliphatic carbocycles. The smallest absolute Gasteiger partial charge is 0.387 e. The minimum atomic E-state index is -2.90. The Morgan fingerprint density at radius 3 is 2.62 bits per heavy atom. The number of aryl methyl sites for hydroxylation is 1. The first-order chi connectivity index (χ1) is 13.8. The van der Waals surface area contributed by atoms with Crippen LogP contribution in [0.1, 0.15) is 12.5 Å². The summed E-state index contributed by atoms with van der Waals surface area (Å²) >= 11 is 7.42. The summed E-state index contributed by atoms with van der Waals surface area (Å²) in [4.78, 5) is 12.5. The molecular weight excluding hydrogens is 422 g/mol. The molecule has 1 amide bonds. The van der Waals surface area contributed by atoms with E-state index in [2.05, 4.69) is 20.3 Å². The number of ether oxygens (including phenoxy) is 1. The van der Waals surface area contributed by atoms with Crippen LogP contribution in [0.4, 0.5) is 14.5 Å². The third kappa shape index (κ3) is 5.45.